The minimum absolute atomic E-state index is 0.112. The summed E-state index contributed by atoms with van der Waals surface area (Å²) in [6.07, 6.45) is 0.260. The van der Waals surface area contributed by atoms with Gasteiger partial charge in [-0.1, -0.05) is 24.1 Å². The van der Waals surface area contributed by atoms with Gasteiger partial charge in [0.15, 0.2) is 0 Å². The summed E-state index contributed by atoms with van der Waals surface area (Å²) in [6.45, 7) is 7.56. The Morgan fingerprint density at radius 3 is 2.18 bits per heavy atom. The summed E-state index contributed by atoms with van der Waals surface area (Å²) in [5.41, 5.74) is -1.23. The van der Waals surface area contributed by atoms with Gasteiger partial charge in [0, 0.05) is 13.1 Å². The van der Waals surface area contributed by atoms with E-state index >= 15 is 0 Å². The predicted molar refractivity (Wildman–Crippen MR) is 98.2 cm³/mol. The molecular weight excluding hydrogens is 364 g/mol. The summed E-state index contributed by atoms with van der Waals surface area (Å²) >= 11 is 0. The maximum Gasteiger partial charge on any atom is 0.410 e. The van der Waals surface area contributed by atoms with E-state index in [1.807, 2.05) is 6.92 Å². The molecular formula is C20H24N2O6. The molecule has 28 heavy (non-hydrogen) atoms. The molecule has 3 amide bonds. The highest BCUT2D eigenvalue weighted by Crippen LogP contribution is 2.37. The SMILES string of the molecule is CCC1(C(=O)ON2C(=O)c3ccccc3C2=O)CCN(C(=O)OC(C)(C)C)C1. The molecule has 0 spiro atoms. The molecule has 1 atom stereocenters. The first-order valence-electron chi connectivity index (χ1n) is 9.26. The lowest BCUT2D eigenvalue weighted by atomic mass is 9.84. The molecule has 0 bridgehead atoms. The highest BCUT2D eigenvalue weighted by Gasteiger charge is 2.49. The summed E-state index contributed by atoms with van der Waals surface area (Å²) in [4.78, 5) is 56.8. The average Bonchev–Trinajstić information content (AvgIpc) is 3.18. The van der Waals surface area contributed by atoms with Gasteiger partial charge in [0.1, 0.15) is 5.60 Å². The topological polar surface area (TPSA) is 93.2 Å². The average molecular weight is 388 g/mol. The molecule has 2 heterocycles. The van der Waals surface area contributed by atoms with E-state index in [9.17, 15) is 19.2 Å². The van der Waals surface area contributed by atoms with Crippen LogP contribution in [0.2, 0.25) is 0 Å². The Kier molecular flexibility index (Phi) is 4.91. The van der Waals surface area contributed by atoms with Crippen LogP contribution in [0.25, 0.3) is 0 Å². The first kappa shape index (κ1) is 19.9. The van der Waals surface area contributed by atoms with Crippen LogP contribution in [-0.4, -0.2) is 52.5 Å². The Labute approximate surface area is 163 Å². The number of likely N-dealkylation sites (tertiary alicyclic amines) is 1. The van der Waals surface area contributed by atoms with Crippen LogP contribution in [-0.2, 0) is 14.4 Å². The molecule has 8 nitrogen and oxygen atoms in total. The Hall–Kier alpha value is -2.90. The molecule has 0 saturated carbocycles. The third-order valence-electron chi connectivity index (χ3n) is 5.05. The van der Waals surface area contributed by atoms with Gasteiger partial charge in [0.05, 0.1) is 16.5 Å². The maximum absolute atomic E-state index is 12.9. The van der Waals surface area contributed by atoms with E-state index in [4.69, 9.17) is 9.57 Å². The Morgan fingerprint density at radius 2 is 1.68 bits per heavy atom. The number of rotatable bonds is 3. The molecule has 2 aliphatic rings. The minimum atomic E-state index is -0.994. The fourth-order valence-electron chi connectivity index (χ4n) is 3.38. The third kappa shape index (κ3) is 3.46. The van der Waals surface area contributed by atoms with Gasteiger partial charge in [-0.2, -0.15) is 0 Å². The number of hydrogen-bond donors (Lipinski definition) is 0. The van der Waals surface area contributed by atoms with Crippen molar-refractivity contribution in [2.45, 2.75) is 46.1 Å². The molecule has 150 valence electrons. The fourth-order valence-corrected chi connectivity index (χ4v) is 3.38. The van der Waals surface area contributed by atoms with Crippen LogP contribution in [0.5, 0.6) is 0 Å². The van der Waals surface area contributed by atoms with Crippen LogP contribution in [0.1, 0.15) is 61.3 Å². The van der Waals surface area contributed by atoms with Crippen LogP contribution < -0.4 is 0 Å². The molecule has 1 aromatic carbocycles. The number of ether oxygens (including phenoxy) is 1. The molecule has 0 aromatic heterocycles. The fraction of sp³-hybridized carbons (Fsp3) is 0.500. The number of hydrogen-bond acceptors (Lipinski definition) is 6. The molecule has 1 unspecified atom stereocenters. The van der Waals surface area contributed by atoms with E-state index in [0.29, 0.717) is 24.4 Å². The summed E-state index contributed by atoms with van der Waals surface area (Å²) < 4.78 is 5.37. The number of hydroxylamine groups is 2. The molecule has 3 rings (SSSR count). The van der Waals surface area contributed by atoms with Gasteiger partial charge in [-0.15, -0.1) is 0 Å². The van der Waals surface area contributed by atoms with Gasteiger partial charge in [0.25, 0.3) is 11.8 Å². The number of carbonyl (C=O) groups excluding carboxylic acids is 4. The summed E-state index contributed by atoms with van der Waals surface area (Å²) in [7, 11) is 0. The lowest BCUT2D eigenvalue weighted by Gasteiger charge is -2.28. The third-order valence-corrected chi connectivity index (χ3v) is 5.05. The van der Waals surface area contributed by atoms with Crippen molar-refractivity contribution in [2.24, 2.45) is 5.41 Å². The molecule has 1 saturated heterocycles. The zero-order valence-corrected chi connectivity index (χ0v) is 16.5. The number of imide groups is 1. The molecule has 0 N–H and O–H groups in total. The minimum Gasteiger partial charge on any atom is -0.444 e. The van der Waals surface area contributed by atoms with Gasteiger partial charge in [0.2, 0.25) is 0 Å². The molecule has 1 aromatic rings. The normalized spacial score (nSPS) is 21.7. The molecule has 8 heteroatoms. The number of nitrogens with zero attached hydrogens (tertiary/aromatic N) is 2. The van der Waals surface area contributed by atoms with E-state index in [0.717, 1.165) is 0 Å². The van der Waals surface area contributed by atoms with E-state index in [2.05, 4.69) is 0 Å². The lowest BCUT2D eigenvalue weighted by Crippen LogP contribution is -2.43. The maximum atomic E-state index is 12.9. The molecule has 1 fully saturated rings. The Balaban J connectivity index is 1.72. The first-order valence-corrected chi connectivity index (χ1v) is 9.26. The van der Waals surface area contributed by atoms with Gasteiger partial charge >= 0.3 is 12.1 Å². The highest BCUT2D eigenvalue weighted by molar-refractivity contribution is 6.20. The lowest BCUT2D eigenvalue weighted by molar-refractivity contribution is -0.180. The molecule has 0 aliphatic carbocycles. The number of amides is 3. The molecule has 2 aliphatic heterocycles. The smallest absolute Gasteiger partial charge is 0.410 e. The zero-order chi connectivity index (χ0) is 20.7. The van der Waals surface area contributed by atoms with Crippen molar-refractivity contribution in [3.63, 3.8) is 0 Å². The predicted octanol–water partition coefficient (Wildman–Crippen LogP) is 2.78. The summed E-state index contributed by atoms with van der Waals surface area (Å²) in [6, 6.07) is 6.30. The number of benzene rings is 1. The van der Waals surface area contributed by atoms with Crippen molar-refractivity contribution >= 4 is 23.9 Å². The van der Waals surface area contributed by atoms with Gasteiger partial charge in [-0.3, -0.25) is 9.59 Å². The largest absolute Gasteiger partial charge is 0.444 e. The van der Waals surface area contributed by atoms with Gasteiger partial charge in [-0.05, 0) is 45.7 Å². The van der Waals surface area contributed by atoms with Crippen molar-refractivity contribution in [3.8, 4) is 0 Å². The van der Waals surface area contributed by atoms with E-state index in [-0.39, 0.29) is 17.7 Å². The van der Waals surface area contributed by atoms with Crippen LogP contribution >= 0.6 is 0 Å². The zero-order valence-electron chi connectivity index (χ0n) is 16.5. The van der Waals surface area contributed by atoms with Gasteiger partial charge in [-0.25, -0.2) is 9.59 Å². The van der Waals surface area contributed by atoms with Gasteiger partial charge < -0.3 is 14.5 Å². The summed E-state index contributed by atoms with van der Waals surface area (Å²) in [5.74, 6) is -2.03. The van der Waals surface area contributed by atoms with Crippen molar-refractivity contribution in [1.29, 1.82) is 0 Å². The Bertz CT molecular complexity index is 808. The second-order valence-electron chi connectivity index (χ2n) is 8.11. The second kappa shape index (κ2) is 6.92. The van der Waals surface area contributed by atoms with Crippen LogP contribution in [0, 0.1) is 5.41 Å². The van der Waals surface area contributed by atoms with Crippen LogP contribution in [0.4, 0.5) is 4.79 Å². The monoisotopic (exact) mass is 388 g/mol. The quantitative estimate of drug-likeness (QED) is 0.739. The van der Waals surface area contributed by atoms with Crippen molar-refractivity contribution in [3.05, 3.63) is 35.4 Å². The summed E-state index contributed by atoms with van der Waals surface area (Å²) in [5, 5.41) is 0.514. The second-order valence-corrected chi connectivity index (χ2v) is 8.11. The van der Waals surface area contributed by atoms with Crippen molar-refractivity contribution in [1.82, 2.24) is 9.96 Å². The van der Waals surface area contributed by atoms with Crippen LogP contribution in [0.3, 0.4) is 0 Å². The van der Waals surface area contributed by atoms with Crippen molar-refractivity contribution < 1.29 is 28.8 Å². The standard InChI is InChI=1S/C20H24N2O6/c1-5-20(10-11-21(12-20)18(26)27-19(2,3)4)17(25)28-22-15(23)13-8-6-7-9-14(13)16(22)24/h6-9H,5,10-12H2,1-4H3. The van der Waals surface area contributed by atoms with E-state index < -0.39 is 34.9 Å². The number of carbonyl (C=O) groups is 4. The van der Waals surface area contributed by atoms with E-state index in [1.165, 1.54) is 17.0 Å². The van der Waals surface area contributed by atoms with Crippen LogP contribution in [0.15, 0.2) is 24.3 Å². The highest BCUT2D eigenvalue weighted by atomic mass is 16.7. The number of fused-ring (bicyclic) bond motifs is 1. The van der Waals surface area contributed by atoms with E-state index in [1.54, 1.807) is 32.9 Å². The first-order chi connectivity index (χ1) is 13.1. The Morgan fingerprint density at radius 1 is 1.11 bits per heavy atom. The van der Waals surface area contributed by atoms with Crippen molar-refractivity contribution in [2.75, 3.05) is 13.1 Å². The molecule has 0 radical (unpaired) electrons.